The van der Waals surface area contributed by atoms with Gasteiger partial charge < -0.3 is 9.47 Å². The van der Waals surface area contributed by atoms with Crippen LogP contribution in [0, 0.1) is 0 Å². The third-order valence-electron chi connectivity index (χ3n) is 1.51. The predicted molar refractivity (Wildman–Crippen MR) is 39.4 cm³/mol. The van der Waals surface area contributed by atoms with Crippen molar-refractivity contribution in [3.05, 3.63) is 24.3 Å². The smallest absolute Gasteiger partial charge is 0.196 e. The maximum atomic E-state index is 7.26. The second kappa shape index (κ2) is 2.43. The molecule has 11 heavy (non-hydrogen) atoms. The molecule has 1 unspecified atom stereocenters. The topological polar surface area (TPSA) is 42.3 Å². The molecule has 3 nitrogen and oxygen atoms in total. The highest BCUT2D eigenvalue weighted by atomic mass is 16.6. The highest BCUT2D eigenvalue weighted by molar-refractivity contribution is 5.40. The Bertz CT molecular complexity index is 262. The molecule has 0 amide bonds. The van der Waals surface area contributed by atoms with Crippen LogP contribution in [0.25, 0.3) is 0 Å². The van der Waals surface area contributed by atoms with E-state index in [0.717, 1.165) is 5.75 Å². The van der Waals surface area contributed by atoms with Gasteiger partial charge in [0.2, 0.25) is 0 Å². The lowest BCUT2D eigenvalue weighted by Crippen LogP contribution is -2.29. The minimum atomic E-state index is -0.579. The number of para-hydroxylation sites is 2. The molecule has 1 aliphatic heterocycles. The van der Waals surface area contributed by atoms with Crippen molar-refractivity contribution in [3.63, 3.8) is 0 Å². The summed E-state index contributed by atoms with van der Waals surface area (Å²) in [4.78, 5) is 0. The fraction of sp³-hybridized carbons (Fsp3) is 0.250. The quantitative estimate of drug-likeness (QED) is 0.555. The summed E-state index contributed by atoms with van der Waals surface area (Å²) in [6.07, 6.45) is -0.579. The summed E-state index contributed by atoms with van der Waals surface area (Å²) in [5.41, 5.74) is 7.26. The fourth-order valence-corrected chi connectivity index (χ4v) is 1.02. The third kappa shape index (κ3) is 1.14. The summed E-state index contributed by atoms with van der Waals surface area (Å²) < 4.78 is 10.4. The zero-order valence-electron chi connectivity index (χ0n) is 5.91. The molecule has 0 aromatic heterocycles. The number of ether oxygens (including phenoxy) is 2. The van der Waals surface area contributed by atoms with Crippen molar-refractivity contribution in [1.82, 2.24) is 5.73 Å². The molecule has 0 aliphatic carbocycles. The fourth-order valence-electron chi connectivity index (χ4n) is 1.02. The first kappa shape index (κ1) is 6.49. The van der Waals surface area contributed by atoms with E-state index in [1.807, 2.05) is 18.2 Å². The number of hydrogen-bond donors (Lipinski definition) is 0. The van der Waals surface area contributed by atoms with E-state index in [9.17, 15) is 0 Å². The summed E-state index contributed by atoms with van der Waals surface area (Å²) in [6.45, 7) is 0.316. The molecule has 0 saturated carbocycles. The van der Waals surface area contributed by atoms with Gasteiger partial charge in [-0.25, -0.2) is 5.73 Å². The zero-order chi connectivity index (χ0) is 7.68. The number of rotatable bonds is 0. The van der Waals surface area contributed by atoms with Crippen LogP contribution >= 0.6 is 0 Å². The van der Waals surface area contributed by atoms with Crippen LogP contribution in [-0.4, -0.2) is 12.8 Å². The van der Waals surface area contributed by atoms with Gasteiger partial charge >= 0.3 is 0 Å². The maximum Gasteiger partial charge on any atom is 0.196 e. The minimum absolute atomic E-state index is 0.316. The monoisotopic (exact) mass is 150 g/mol. The molecule has 0 bridgehead atoms. The summed E-state index contributed by atoms with van der Waals surface area (Å²) in [5.74, 6) is 1.40. The molecule has 1 aliphatic rings. The van der Waals surface area contributed by atoms with Crippen molar-refractivity contribution in [2.24, 2.45) is 0 Å². The normalized spacial score (nSPS) is 21.4. The lowest BCUT2D eigenvalue weighted by Gasteiger charge is -2.22. The molecule has 57 valence electrons. The lowest BCUT2D eigenvalue weighted by atomic mass is 10.3. The number of hydrogen-bond acceptors (Lipinski definition) is 2. The molecule has 2 rings (SSSR count). The van der Waals surface area contributed by atoms with Crippen molar-refractivity contribution < 1.29 is 9.47 Å². The van der Waals surface area contributed by atoms with Gasteiger partial charge in [0.1, 0.15) is 6.61 Å². The van der Waals surface area contributed by atoms with Crippen LogP contribution in [0.5, 0.6) is 11.5 Å². The van der Waals surface area contributed by atoms with Gasteiger partial charge in [-0.15, -0.1) is 0 Å². The molecular formula is C8H8NO2. The molecule has 1 N–H and O–H groups in total. The van der Waals surface area contributed by atoms with Crippen molar-refractivity contribution >= 4 is 0 Å². The Morgan fingerprint density at radius 2 is 2.00 bits per heavy atom. The molecular weight excluding hydrogens is 142 g/mol. The highest BCUT2D eigenvalue weighted by Crippen LogP contribution is 2.29. The zero-order valence-corrected chi connectivity index (χ0v) is 5.91. The van der Waals surface area contributed by atoms with Crippen LogP contribution in [-0.2, 0) is 0 Å². The molecule has 0 fully saturated rings. The van der Waals surface area contributed by atoms with E-state index in [4.69, 9.17) is 15.2 Å². The van der Waals surface area contributed by atoms with Crippen LogP contribution in [0.15, 0.2) is 24.3 Å². The molecule has 0 saturated heterocycles. The second-order valence-corrected chi connectivity index (χ2v) is 2.36. The molecule has 1 radical (unpaired) electrons. The number of benzene rings is 1. The van der Waals surface area contributed by atoms with E-state index in [2.05, 4.69) is 0 Å². The predicted octanol–water partition coefficient (Wildman–Crippen LogP) is 1.07. The van der Waals surface area contributed by atoms with Crippen molar-refractivity contribution in [2.45, 2.75) is 6.23 Å². The van der Waals surface area contributed by atoms with Gasteiger partial charge in [-0.2, -0.15) is 0 Å². The SMILES string of the molecule is [NH]C1COc2ccccc2O1. The first-order valence-corrected chi connectivity index (χ1v) is 3.46. The van der Waals surface area contributed by atoms with Gasteiger partial charge in [0.05, 0.1) is 0 Å². The molecule has 1 heterocycles. The van der Waals surface area contributed by atoms with Crippen LogP contribution < -0.4 is 15.2 Å². The molecule has 1 atom stereocenters. The first-order chi connectivity index (χ1) is 5.36. The van der Waals surface area contributed by atoms with E-state index in [-0.39, 0.29) is 0 Å². The minimum Gasteiger partial charge on any atom is -0.484 e. The Kier molecular flexibility index (Phi) is 1.43. The van der Waals surface area contributed by atoms with E-state index in [1.165, 1.54) is 0 Å². The summed E-state index contributed by atoms with van der Waals surface area (Å²) in [7, 11) is 0. The van der Waals surface area contributed by atoms with Gasteiger partial charge in [-0.05, 0) is 12.1 Å². The number of fused-ring (bicyclic) bond motifs is 1. The van der Waals surface area contributed by atoms with Crippen molar-refractivity contribution in [3.8, 4) is 11.5 Å². The van der Waals surface area contributed by atoms with E-state index in [1.54, 1.807) is 6.07 Å². The molecule has 3 heteroatoms. The maximum absolute atomic E-state index is 7.26. The summed E-state index contributed by atoms with van der Waals surface area (Å²) >= 11 is 0. The van der Waals surface area contributed by atoms with Crippen molar-refractivity contribution in [2.75, 3.05) is 6.61 Å². The van der Waals surface area contributed by atoms with Crippen molar-refractivity contribution in [1.29, 1.82) is 0 Å². The molecule has 1 aromatic rings. The van der Waals surface area contributed by atoms with E-state index in [0.29, 0.717) is 12.4 Å². The van der Waals surface area contributed by atoms with Gasteiger partial charge in [0, 0.05) is 0 Å². The van der Waals surface area contributed by atoms with Crippen LogP contribution in [0.1, 0.15) is 0 Å². The average molecular weight is 150 g/mol. The van der Waals surface area contributed by atoms with Gasteiger partial charge in [-0.1, -0.05) is 12.1 Å². The van der Waals surface area contributed by atoms with Gasteiger partial charge in [-0.3, -0.25) is 0 Å². The summed E-state index contributed by atoms with van der Waals surface area (Å²) in [6, 6.07) is 7.38. The van der Waals surface area contributed by atoms with Crippen LogP contribution in [0.2, 0.25) is 0 Å². The molecule has 0 spiro atoms. The Labute approximate surface area is 64.7 Å². The lowest BCUT2D eigenvalue weighted by molar-refractivity contribution is 0.0905. The van der Waals surface area contributed by atoms with E-state index >= 15 is 0 Å². The largest absolute Gasteiger partial charge is 0.484 e. The Hall–Kier alpha value is -1.22. The van der Waals surface area contributed by atoms with E-state index < -0.39 is 6.23 Å². The van der Waals surface area contributed by atoms with Gasteiger partial charge in [0.25, 0.3) is 0 Å². The number of nitrogens with one attached hydrogen (secondary N) is 1. The second-order valence-electron chi connectivity index (χ2n) is 2.36. The van der Waals surface area contributed by atoms with Crippen LogP contribution in [0.4, 0.5) is 0 Å². The van der Waals surface area contributed by atoms with Crippen LogP contribution in [0.3, 0.4) is 0 Å². The summed E-state index contributed by atoms with van der Waals surface area (Å²) in [5, 5.41) is 0. The average Bonchev–Trinajstić information content (AvgIpc) is 2.04. The standard InChI is InChI=1S/C8H8NO2/c9-8-5-10-6-3-1-2-4-7(6)11-8/h1-4,8-9H,5H2. The first-order valence-electron chi connectivity index (χ1n) is 3.46. The van der Waals surface area contributed by atoms with Gasteiger partial charge in [0.15, 0.2) is 17.7 Å². The Morgan fingerprint density at radius 3 is 2.82 bits per heavy atom. The Morgan fingerprint density at radius 1 is 1.27 bits per heavy atom. The Balaban J connectivity index is 2.34. The highest BCUT2D eigenvalue weighted by Gasteiger charge is 2.16. The molecule has 1 aromatic carbocycles. The third-order valence-corrected chi connectivity index (χ3v) is 1.51.